The molecule has 0 bridgehead atoms. The van der Waals surface area contributed by atoms with E-state index in [1.807, 2.05) is 0 Å². The quantitative estimate of drug-likeness (QED) is 0.332. The summed E-state index contributed by atoms with van der Waals surface area (Å²) in [5.41, 5.74) is 1.41. The van der Waals surface area contributed by atoms with E-state index in [4.69, 9.17) is 4.74 Å². The minimum absolute atomic E-state index is 0.0466. The number of carboxylic acids is 1. The Balaban J connectivity index is 1.40. The third-order valence-electron chi connectivity index (χ3n) is 8.05. The largest absolute Gasteiger partial charge is 0.481 e. The number of pyridine rings is 2. The summed E-state index contributed by atoms with van der Waals surface area (Å²) in [6.07, 6.45) is -2.72. The number of alkyl halides is 3. The molecule has 1 fully saturated rings. The third-order valence-corrected chi connectivity index (χ3v) is 9.87. The summed E-state index contributed by atoms with van der Waals surface area (Å²) in [4.78, 5) is 26.2. The summed E-state index contributed by atoms with van der Waals surface area (Å²) >= 11 is 0. The molecule has 0 radical (unpaired) electrons. The van der Waals surface area contributed by atoms with Gasteiger partial charge in [-0.25, -0.2) is 8.42 Å². The Bertz CT molecular complexity index is 1950. The van der Waals surface area contributed by atoms with Crippen LogP contribution in [-0.4, -0.2) is 55.5 Å². The van der Waals surface area contributed by atoms with Crippen molar-refractivity contribution in [3.8, 4) is 5.88 Å². The highest BCUT2D eigenvalue weighted by molar-refractivity contribution is 7.89. The van der Waals surface area contributed by atoms with Crippen molar-refractivity contribution in [3.05, 3.63) is 86.6 Å². The number of fused-ring (bicyclic) bond motifs is 2. The molecule has 0 amide bonds. The van der Waals surface area contributed by atoms with Crippen LogP contribution in [0.25, 0.3) is 5.65 Å². The number of nitrogens with one attached hydrogen (secondary N) is 1. The number of nitrogens with zero attached hydrogens (tertiary/aromatic N) is 4. The van der Waals surface area contributed by atoms with E-state index >= 15 is 0 Å². The molecule has 43 heavy (non-hydrogen) atoms. The molecule has 0 saturated heterocycles. The molecule has 4 heterocycles. The molecular formula is C28H26F3N5O6S. The number of aromatic nitrogens is 4. The fourth-order valence-corrected chi connectivity index (χ4v) is 7.13. The average Bonchev–Trinajstić information content (AvgIpc) is 3.52. The van der Waals surface area contributed by atoms with Crippen molar-refractivity contribution in [1.82, 2.24) is 23.9 Å². The summed E-state index contributed by atoms with van der Waals surface area (Å²) in [5, 5.41) is 16.8. The molecule has 1 aromatic carbocycles. The number of halogens is 3. The predicted octanol–water partition coefficient (Wildman–Crippen LogP) is 3.78. The Morgan fingerprint density at radius 2 is 1.91 bits per heavy atom. The molecule has 11 nitrogen and oxygen atoms in total. The van der Waals surface area contributed by atoms with Crippen LogP contribution in [0.15, 0.2) is 52.3 Å². The molecule has 1 aliphatic heterocycles. The lowest BCUT2D eigenvalue weighted by molar-refractivity contribution is -0.145. The van der Waals surface area contributed by atoms with E-state index in [0.29, 0.717) is 35.1 Å². The fraction of sp³-hybridized carbons (Fsp3) is 0.357. The van der Waals surface area contributed by atoms with E-state index in [1.165, 1.54) is 22.6 Å². The van der Waals surface area contributed by atoms with Gasteiger partial charge in [-0.2, -0.15) is 17.5 Å². The van der Waals surface area contributed by atoms with Gasteiger partial charge in [-0.05, 0) is 66.6 Å². The Morgan fingerprint density at radius 3 is 2.58 bits per heavy atom. The van der Waals surface area contributed by atoms with Gasteiger partial charge in [0.25, 0.3) is 5.56 Å². The van der Waals surface area contributed by atoms with Gasteiger partial charge in [0.1, 0.15) is 10.5 Å². The van der Waals surface area contributed by atoms with Gasteiger partial charge in [-0.15, -0.1) is 10.2 Å². The van der Waals surface area contributed by atoms with Gasteiger partial charge in [0.05, 0.1) is 13.0 Å². The van der Waals surface area contributed by atoms with Gasteiger partial charge < -0.3 is 9.84 Å². The third kappa shape index (κ3) is 5.16. The molecule has 1 atom stereocenters. The highest BCUT2D eigenvalue weighted by Gasteiger charge is 2.52. The number of hydrogen-bond acceptors (Lipinski definition) is 7. The minimum atomic E-state index is -4.73. The van der Waals surface area contributed by atoms with Crippen molar-refractivity contribution in [3.63, 3.8) is 0 Å². The number of aryl methyl sites for hydroxylation is 2. The zero-order valence-electron chi connectivity index (χ0n) is 23.0. The van der Waals surface area contributed by atoms with Gasteiger partial charge in [0.15, 0.2) is 5.65 Å². The van der Waals surface area contributed by atoms with Crippen LogP contribution in [-0.2, 0) is 27.5 Å². The topological polar surface area (TPSA) is 147 Å². The van der Waals surface area contributed by atoms with Crippen molar-refractivity contribution in [1.29, 1.82) is 0 Å². The second-order valence-corrected chi connectivity index (χ2v) is 12.9. The van der Waals surface area contributed by atoms with Crippen molar-refractivity contribution in [2.75, 3.05) is 6.54 Å². The number of rotatable bonds is 6. The fourth-order valence-electron chi connectivity index (χ4n) is 5.57. The molecule has 3 aromatic heterocycles. The second-order valence-electron chi connectivity index (χ2n) is 11.0. The predicted molar refractivity (Wildman–Crippen MR) is 145 cm³/mol. The number of carbonyl (C=O) groups is 1. The van der Waals surface area contributed by atoms with Crippen molar-refractivity contribution < 1.29 is 36.2 Å². The van der Waals surface area contributed by atoms with E-state index in [2.05, 4.69) is 15.2 Å². The lowest BCUT2D eigenvalue weighted by Crippen LogP contribution is -2.38. The number of hydrogen-bond donors (Lipinski definition) is 2. The lowest BCUT2D eigenvalue weighted by atomic mass is 9.85. The van der Waals surface area contributed by atoms with E-state index in [1.54, 1.807) is 32.0 Å². The molecular weight excluding hydrogens is 591 g/mol. The van der Waals surface area contributed by atoms with Crippen LogP contribution in [0.4, 0.5) is 13.2 Å². The summed E-state index contributed by atoms with van der Waals surface area (Å²) in [6, 6.07) is 8.98. The first-order valence-electron chi connectivity index (χ1n) is 13.3. The smallest absolute Gasteiger partial charge is 0.452 e. The number of sulfonamides is 1. The molecule has 1 spiro atoms. The van der Waals surface area contributed by atoms with Crippen molar-refractivity contribution in [2.24, 2.45) is 0 Å². The van der Waals surface area contributed by atoms with Gasteiger partial charge >= 0.3 is 12.1 Å². The lowest BCUT2D eigenvalue weighted by Gasteiger charge is -2.25. The molecule has 15 heteroatoms. The standard InChI is InChI=1S/C28H26F3N5O6S/c1-15-3-4-17(20(12-23(38)39)19-7-10-36-24(16(19)2)33-34-26(36)28(29,30)31)11-18(15)13-35-14-27(8-9-27)42-25-21(43(35,40)41)5-6-22(37)32-25/h3-7,10-11,20H,8-9,12-14H2,1-2H3,(H,32,37)(H,38,39). The summed E-state index contributed by atoms with van der Waals surface area (Å²) in [6.45, 7) is 3.36. The Kier molecular flexibility index (Phi) is 6.65. The van der Waals surface area contributed by atoms with Crippen LogP contribution in [0, 0.1) is 13.8 Å². The number of aliphatic carboxylic acids is 1. The molecule has 2 aliphatic rings. The number of H-pyrrole nitrogens is 1. The molecule has 1 saturated carbocycles. The molecule has 1 unspecified atom stereocenters. The number of carboxylic acid groups (broad SMARTS) is 1. The zero-order valence-corrected chi connectivity index (χ0v) is 23.8. The van der Waals surface area contributed by atoms with Crippen LogP contribution in [0.3, 0.4) is 0 Å². The Morgan fingerprint density at radius 1 is 1.16 bits per heavy atom. The maximum absolute atomic E-state index is 13.7. The number of benzene rings is 1. The first kappa shape index (κ1) is 28.9. The summed E-state index contributed by atoms with van der Waals surface area (Å²) in [7, 11) is -4.09. The Labute approximate surface area is 243 Å². The van der Waals surface area contributed by atoms with Crippen LogP contribution in [0.5, 0.6) is 5.88 Å². The van der Waals surface area contributed by atoms with Crippen LogP contribution in [0.2, 0.25) is 0 Å². The van der Waals surface area contributed by atoms with Crippen molar-refractivity contribution >= 4 is 21.6 Å². The SMILES string of the molecule is Cc1ccc(C(CC(=O)O)c2ccn3c(C(F)(F)F)nnc3c2C)cc1CN1CC2(CC2)Oc2[nH]c(=O)ccc2S1(=O)=O. The number of aromatic amines is 1. The van der Waals surface area contributed by atoms with Crippen LogP contribution < -0.4 is 10.3 Å². The molecule has 2 N–H and O–H groups in total. The summed E-state index contributed by atoms with van der Waals surface area (Å²) < 4.78 is 75.8. The van der Waals surface area contributed by atoms with Gasteiger partial charge in [0, 0.05) is 24.7 Å². The van der Waals surface area contributed by atoms with E-state index < -0.39 is 45.1 Å². The van der Waals surface area contributed by atoms with Gasteiger partial charge in [0.2, 0.25) is 21.7 Å². The highest BCUT2D eigenvalue weighted by Crippen LogP contribution is 2.46. The Hall–Kier alpha value is -4.24. The zero-order chi connectivity index (χ0) is 30.9. The van der Waals surface area contributed by atoms with Crippen LogP contribution in [0.1, 0.15) is 58.8 Å². The second kappa shape index (κ2) is 9.91. The van der Waals surface area contributed by atoms with E-state index in [0.717, 1.165) is 16.0 Å². The van der Waals surface area contributed by atoms with Crippen LogP contribution >= 0.6 is 0 Å². The highest BCUT2D eigenvalue weighted by atomic mass is 32.2. The van der Waals surface area contributed by atoms with E-state index in [9.17, 15) is 36.3 Å². The molecule has 6 rings (SSSR count). The maximum Gasteiger partial charge on any atom is 0.452 e. The molecule has 4 aromatic rings. The first-order valence-corrected chi connectivity index (χ1v) is 14.8. The average molecular weight is 618 g/mol. The van der Waals surface area contributed by atoms with Crippen molar-refractivity contribution in [2.45, 2.75) is 62.2 Å². The van der Waals surface area contributed by atoms with Gasteiger partial charge in [-0.3, -0.25) is 19.0 Å². The monoisotopic (exact) mass is 617 g/mol. The first-order chi connectivity index (χ1) is 20.2. The maximum atomic E-state index is 13.7. The summed E-state index contributed by atoms with van der Waals surface area (Å²) in [5.74, 6) is -3.19. The van der Waals surface area contributed by atoms with E-state index in [-0.39, 0.29) is 35.9 Å². The molecule has 226 valence electrons. The molecule has 1 aliphatic carbocycles. The number of ether oxygens (including phenoxy) is 1. The minimum Gasteiger partial charge on any atom is -0.481 e. The normalized spacial score (nSPS) is 18.2. The van der Waals surface area contributed by atoms with Gasteiger partial charge in [-0.1, -0.05) is 18.2 Å².